The number of amides is 1. The maximum Gasteiger partial charge on any atom is 0.241 e. The first-order chi connectivity index (χ1) is 9.16. The molecular formula is C14H20N2O3S. The number of hydrogen-bond acceptors (Lipinski definition) is 3. The van der Waals surface area contributed by atoms with E-state index in [2.05, 4.69) is 10.0 Å². The van der Waals surface area contributed by atoms with Crippen molar-refractivity contribution < 1.29 is 13.2 Å². The molecule has 1 aliphatic heterocycles. The third-order valence-corrected chi connectivity index (χ3v) is 5.44. The average Bonchev–Trinajstić information content (AvgIpc) is 2.64. The van der Waals surface area contributed by atoms with Gasteiger partial charge in [0.05, 0.1) is 10.8 Å². The van der Waals surface area contributed by atoms with Crippen LogP contribution >= 0.6 is 0 Å². The molecule has 20 heavy (non-hydrogen) atoms. The van der Waals surface area contributed by atoms with E-state index in [-0.39, 0.29) is 16.7 Å². The number of benzene rings is 1. The van der Waals surface area contributed by atoms with Gasteiger partial charge in [0.1, 0.15) is 0 Å². The van der Waals surface area contributed by atoms with Gasteiger partial charge < -0.3 is 5.32 Å². The summed E-state index contributed by atoms with van der Waals surface area (Å²) >= 11 is 0. The summed E-state index contributed by atoms with van der Waals surface area (Å²) in [6.45, 7) is 7.37. The maximum absolute atomic E-state index is 12.4. The van der Waals surface area contributed by atoms with Crippen LogP contribution in [0.5, 0.6) is 0 Å². The second-order valence-corrected chi connectivity index (χ2v) is 7.49. The van der Waals surface area contributed by atoms with Crippen molar-refractivity contribution in [1.29, 1.82) is 0 Å². The SMILES string of the molecule is CCC(C)(C)NS(=O)(=O)c1ccc2c(c1)[C@@H](C)C(=O)N2. The highest BCUT2D eigenvalue weighted by atomic mass is 32.2. The van der Waals surface area contributed by atoms with E-state index in [1.807, 2.05) is 20.8 Å². The summed E-state index contributed by atoms with van der Waals surface area (Å²) in [5, 5.41) is 2.73. The van der Waals surface area contributed by atoms with Gasteiger partial charge in [0.15, 0.2) is 0 Å². The van der Waals surface area contributed by atoms with Crippen molar-refractivity contribution in [3.8, 4) is 0 Å². The molecule has 0 saturated carbocycles. The van der Waals surface area contributed by atoms with E-state index >= 15 is 0 Å². The number of carbonyl (C=O) groups is 1. The van der Waals surface area contributed by atoms with Crippen LogP contribution in [0.4, 0.5) is 5.69 Å². The van der Waals surface area contributed by atoms with Crippen LogP contribution in [0.15, 0.2) is 23.1 Å². The molecule has 110 valence electrons. The Bertz CT molecular complexity index is 650. The largest absolute Gasteiger partial charge is 0.325 e. The Morgan fingerprint density at radius 1 is 1.35 bits per heavy atom. The Kier molecular flexibility index (Phi) is 3.64. The normalized spacial score (nSPS) is 18.8. The summed E-state index contributed by atoms with van der Waals surface area (Å²) in [6, 6.07) is 4.74. The number of anilines is 1. The van der Waals surface area contributed by atoms with Crippen LogP contribution in [-0.4, -0.2) is 19.9 Å². The second kappa shape index (κ2) is 4.86. The highest BCUT2D eigenvalue weighted by Gasteiger charge is 2.30. The first-order valence-corrected chi connectivity index (χ1v) is 8.13. The molecule has 0 unspecified atom stereocenters. The lowest BCUT2D eigenvalue weighted by Gasteiger charge is -2.24. The van der Waals surface area contributed by atoms with E-state index in [0.29, 0.717) is 12.1 Å². The fourth-order valence-corrected chi connectivity index (χ4v) is 3.58. The van der Waals surface area contributed by atoms with Crippen LogP contribution in [0.3, 0.4) is 0 Å². The van der Waals surface area contributed by atoms with E-state index in [1.165, 1.54) is 6.07 Å². The average molecular weight is 296 g/mol. The lowest BCUT2D eigenvalue weighted by atomic mass is 10.0. The monoisotopic (exact) mass is 296 g/mol. The summed E-state index contributed by atoms with van der Waals surface area (Å²) < 4.78 is 27.4. The van der Waals surface area contributed by atoms with Gasteiger partial charge in [-0.2, -0.15) is 0 Å². The van der Waals surface area contributed by atoms with Crippen LogP contribution in [-0.2, 0) is 14.8 Å². The molecule has 1 amide bonds. The number of fused-ring (bicyclic) bond motifs is 1. The van der Waals surface area contributed by atoms with Gasteiger partial charge in [-0.1, -0.05) is 6.92 Å². The van der Waals surface area contributed by atoms with Crippen molar-refractivity contribution in [2.24, 2.45) is 0 Å². The number of sulfonamides is 1. The van der Waals surface area contributed by atoms with Crippen LogP contribution in [0.25, 0.3) is 0 Å². The van der Waals surface area contributed by atoms with Crippen molar-refractivity contribution in [3.63, 3.8) is 0 Å². The Hall–Kier alpha value is -1.40. The molecule has 5 nitrogen and oxygen atoms in total. The molecule has 1 aromatic carbocycles. The van der Waals surface area contributed by atoms with E-state index in [4.69, 9.17) is 0 Å². The minimum Gasteiger partial charge on any atom is -0.325 e. The molecule has 1 aromatic rings. The summed E-state index contributed by atoms with van der Waals surface area (Å²) in [7, 11) is -3.58. The van der Waals surface area contributed by atoms with Crippen molar-refractivity contribution >= 4 is 21.6 Å². The van der Waals surface area contributed by atoms with Gasteiger partial charge in [-0.25, -0.2) is 13.1 Å². The van der Waals surface area contributed by atoms with Crippen LogP contribution in [0.2, 0.25) is 0 Å². The van der Waals surface area contributed by atoms with Gasteiger partial charge in [-0.3, -0.25) is 4.79 Å². The summed E-state index contributed by atoms with van der Waals surface area (Å²) in [6.07, 6.45) is 0.688. The Morgan fingerprint density at radius 3 is 2.60 bits per heavy atom. The van der Waals surface area contributed by atoms with Gasteiger partial charge in [-0.05, 0) is 51.0 Å². The zero-order chi connectivity index (χ0) is 15.1. The summed E-state index contributed by atoms with van der Waals surface area (Å²) in [5.41, 5.74) is 0.917. The lowest BCUT2D eigenvalue weighted by molar-refractivity contribution is -0.116. The molecule has 6 heteroatoms. The zero-order valence-electron chi connectivity index (χ0n) is 12.1. The Morgan fingerprint density at radius 2 is 2.00 bits per heavy atom. The molecule has 0 aromatic heterocycles. The smallest absolute Gasteiger partial charge is 0.241 e. The van der Waals surface area contributed by atoms with Crippen molar-refractivity contribution in [2.45, 2.75) is 50.5 Å². The second-order valence-electron chi connectivity index (χ2n) is 5.80. The molecule has 2 rings (SSSR count). The van der Waals surface area contributed by atoms with E-state index in [9.17, 15) is 13.2 Å². The molecule has 1 heterocycles. The lowest BCUT2D eigenvalue weighted by Crippen LogP contribution is -2.42. The first kappa shape index (κ1) is 15.0. The predicted octanol–water partition coefficient (Wildman–Crippen LogP) is 2.21. The van der Waals surface area contributed by atoms with Gasteiger partial charge >= 0.3 is 0 Å². The molecule has 0 fully saturated rings. The molecular weight excluding hydrogens is 276 g/mol. The van der Waals surface area contributed by atoms with Gasteiger partial charge in [-0.15, -0.1) is 0 Å². The van der Waals surface area contributed by atoms with Crippen LogP contribution in [0.1, 0.15) is 45.6 Å². The van der Waals surface area contributed by atoms with Crippen molar-refractivity contribution in [1.82, 2.24) is 4.72 Å². The van der Waals surface area contributed by atoms with E-state index in [1.54, 1.807) is 19.1 Å². The molecule has 1 aliphatic rings. The third-order valence-electron chi connectivity index (χ3n) is 3.75. The number of hydrogen-bond donors (Lipinski definition) is 2. The van der Waals surface area contributed by atoms with Gasteiger partial charge in [0.2, 0.25) is 15.9 Å². The minimum absolute atomic E-state index is 0.101. The minimum atomic E-state index is -3.58. The number of nitrogens with one attached hydrogen (secondary N) is 2. The first-order valence-electron chi connectivity index (χ1n) is 6.65. The number of carbonyl (C=O) groups excluding carboxylic acids is 1. The van der Waals surface area contributed by atoms with Crippen molar-refractivity contribution in [2.75, 3.05) is 5.32 Å². The zero-order valence-corrected chi connectivity index (χ0v) is 13.0. The predicted molar refractivity (Wildman–Crippen MR) is 78.2 cm³/mol. The van der Waals surface area contributed by atoms with E-state index in [0.717, 1.165) is 5.56 Å². The fraction of sp³-hybridized carbons (Fsp3) is 0.500. The quantitative estimate of drug-likeness (QED) is 0.894. The molecule has 0 spiro atoms. The Labute approximate surface area is 119 Å². The molecule has 0 saturated heterocycles. The molecule has 0 bridgehead atoms. The van der Waals surface area contributed by atoms with Crippen LogP contribution in [0, 0.1) is 0 Å². The fourth-order valence-electron chi connectivity index (χ4n) is 2.06. The molecule has 0 aliphatic carbocycles. The van der Waals surface area contributed by atoms with Crippen LogP contribution < -0.4 is 10.0 Å². The third kappa shape index (κ3) is 2.71. The standard InChI is InChI=1S/C14H20N2O3S/c1-5-14(3,4)16-20(18,19)10-6-7-12-11(8-10)9(2)13(17)15-12/h6-9,16H,5H2,1-4H3,(H,15,17)/t9-/m1/s1. The molecule has 2 N–H and O–H groups in total. The van der Waals surface area contributed by atoms with Gasteiger partial charge in [0.25, 0.3) is 0 Å². The molecule has 1 atom stereocenters. The maximum atomic E-state index is 12.4. The van der Waals surface area contributed by atoms with Crippen molar-refractivity contribution in [3.05, 3.63) is 23.8 Å². The summed E-state index contributed by atoms with van der Waals surface area (Å²) in [5.74, 6) is -0.421. The Balaban J connectivity index is 2.38. The van der Waals surface area contributed by atoms with E-state index < -0.39 is 15.6 Å². The molecule has 0 radical (unpaired) electrons. The highest BCUT2D eigenvalue weighted by molar-refractivity contribution is 7.89. The topological polar surface area (TPSA) is 75.3 Å². The highest BCUT2D eigenvalue weighted by Crippen LogP contribution is 2.33. The number of rotatable bonds is 4. The van der Waals surface area contributed by atoms with Gasteiger partial charge in [0, 0.05) is 11.2 Å². The summed E-state index contributed by atoms with van der Waals surface area (Å²) in [4.78, 5) is 11.8.